The normalized spacial score (nSPS) is 12.4. The SMILES string of the molecule is N#Cc1c(-n2c3cccc4c5cccnc5c5cccc2c5c43)c(-c2ccccc2)c(-n2c3cccc4c5cccnc5c5cccc2c5c43)c(-c2ccccc2)c1-n1c2cccc3c4cccnc4c4cccc1c4c32. The van der Waals surface area contributed by atoms with Gasteiger partial charge in [0.25, 0.3) is 0 Å². The Morgan fingerprint density at radius 1 is 0.273 bits per heavy atom. The number of hydrogen-bond donors (Lipinski definition) is 0. The minimum absolute atomic E-state index is 0.545. The van der Waals surface area contributed by atoms with Crippen LogP contribution in [0.5, 0.6) is 0 Å². The van der Waals surface area contributed by atoms with Crippen LogP contribution in [-0.4, -0.2) is 28.7 Å². The molecule has 0 radical (unpaired) electrons. The number of rotatable bonds is 5. The van der Waals surface area contributed by atoms with Gasteiger partial charge in [0, 0.05) is 94.4 Å². The molecule has 0 saturated heterocycles. The first-order valence-electron chi connectivity index (χ1n) is 26.1. The van der Waals surface area contributed by atoms with Crippen LogP contribution >= 0.6 is 0 Å². The van der Waals surface area contributed by atoms with E-state index in [0.717, 1.165) is 164 Å². The maximum absolute atomic E-state index is 12.8. The number of aromatic nitrogens is 6. The summed E-state index contributed by atoms with van der Waals surface area (Å²) in [5.74, 6) is 0. The van der Waals surface area contributed by atoms with Gasteiger partial charge >= 0.3 is 0 Å². The first kappa shape index (κ1) is 40.8. The van der Waals surface area contributed by atoms with E-state index in [4.69, 9.17) is 15.0 Å². The fraction of sp³-hybridized carbons (Fsp3) is 0. The Hall–Kier alpha value is -10.7. The highest BCUT2D eigenvalue weighted by Crippen LogP contribution is 2.55. The van der Waals surface area contributed by atoms with Crippen molar-refractivity contribution >= 4 is 130 Å². The molecule has 0 unspecified atom stereocenters. The molecule has 0 atom stereocenters. The van der Waals surface area contributed by atoms with E-state index >= 15 is 0 Å². The van der Waals surface area contributed by atoms with E-state index in [0.29, 0.717) is 5.56 Å². The van der Waals surface area contributed by atoms with Gasteiger partial charge in [0.15, 0.2) is 0 Å². The predicted octanol–water partition coefficient (Wildman–Crippen LogP) is 17.6. The van der Waals surface area contributed by atoms with Crippen LogP contribution in [0.25, 0.3) is 170 Å². The van der Waals surface area contributed by atoms with Crippen molar-refractivity contribution in [1.82, 2.24) is 28.7 Å². The predicted molar refractivity (Wildman–Crippen MR) is 317 cm³/mol. The van der Waals surface area contributed by atoms with Crippen molar-refractivity contribution in [3.63, 3.8) is 0 Å². The Bertz CT molecular complexity index is 5070. The lowest BCUT2D eigenvalue weighted by molar-refractivity contribution is 1.09. The molecule has 0 N–H and O–H groups in total. The minimum Gasteiger partial charge on any atom is -0.308 e. The topological polar surface area (TPSA) is 77.2 Å². The van der Waals surface area contributed by atoms with Gasteiger partial charge in [0.05, 0.1) is 66.7 Å². The molecule has 0 aliphatic heterocycles. The summed E-state index contributed by atoms with van der Waals surface area (Å²) in [5.41, 5.74) is 15.9. The van der Waals surface area contributed by atoms with E-state index in [-0.39, 0.29) is 0 Å². The molecular weight excluding hydrogens is 939 g/mol. The number of benzene rings is 12. The summed E-state index contributed by atoms with van der Waals surface area (Å²) >= 11 is 0. The largest absolute Gasteiger partial charge is 0.308 e. The molecule has 0 aliphatic rings. The average Bonchev–Trinajstić information content (AvgIpc) is 4.32. The third-order valence-electron chi connectivity index (χ3n) is 16.8. The van der Waals surface area contributed by atoms with Gasteiger partial charge in [-0.1, -0.05) is 152 Å². The van der Waals surface area contributed by atoms with Crippen LogP contribution in [0, 0.1) is 11.3 Å². The molecule has 77 heavy (non-hydrogen) atoms. The second-order valence-corrected chi connectivity index (χ2v) is 20.4. The summed E-state index contributed by atoms with van der Waals surface area (Å²) in [6, 6.07) is 77.1. The number of pyridine rings is 3. The van der Waals surface area contributed by atoms with E-state index in [9.17, 15) is 5.26 Å². The third kappa shape index (κ3) is 5.02. The van der Waals surface area contributed by atoms with E-state index < -0.39 is 0 Å². The van der Waals surface area contributed by atoms with Crippen LogP contribution < -0.4 is 0 Å². The smallest absolute Gasteiger partial charge is 0.104 e. The summed E-state index contributed by atoms with van der Waals surface area (Å²) in [4.78, 5) is 15.2. The Labute approximate surface area is 438 Å². The van der Waals surface area contributed by atoms with Gasteiger partial charge in [-0.25, -0.2) is 0 Å². The van der Waals surface area contributed by atoms with Gasteiger partial charge in [-0.3, -0.25) is 15.0 Å². The Morgan fingerprint density at radius 2 is 0.558 bits per heavy atom. The molecule has 0 amide bonds. The van der Waals surface area contributed by atoms with Crippen molar-refractivity contribution in [2.24, 2.45) is 0 Å². The van der Waals surface area contributed by atoms with Crippen molar-refractivity contribution in [3.05, 3.63) is 230 Å². The minimum atomic E-state index is 0.545. The number of fused-ring (bicyclic) bond motifs is 9. The van der Waals surface area contributed by atoms with E-state index in [1.165, 1.54) is 5.39 Å². The van der Waals surface area contributed by atoms with Gasteiger partial charge < -0.3 is 13.7 Å². The molecule has 7 nitrogen and oxygen atoms in total. The second kappa shape index (κ2) is 14.8. The van der Waals surface area contributed by atoms with Gasteiger partial charge in [-0.05, 0) is 81.9 Å². The van der Waals surface area contributed by atoms with Gasteiger partial charge in [-0.2, -0.15) is 5.26 Å². The zero-order chi connectivity index (χ0) is 50.2. The molecule has 18 aromatic rings. The first-order chi connectivity index (χ1) is 38.3. The number of nitrogens with zero attached hydrogens (tertiary/aromatic N) is 7. The fourth-order valence-electron chi connectivity index (χ4n) is 14.1. The third-order valence-corrected chi connectivity index (χ3v) is 16.8. The zero-order valence-electron chi connectivity index (χ0n) is 41.0. The summed E-state index contributed by atoms with van der Waals surface area (Å²) in [6.07, 6.45) is 5.69. The molecule has 6 heterocycles. The van der Waals surface area contributed by atoms with Crippen LogP contribution in [0.15, 0.2) is 225 Å². The van der Waals surface area contributed by atoms with Crippen molar-refractivity contribution in [3.8, 4) is 45.4 Å². The van der Waals surface area contributed by atoms with Gasteiger partial charge in [0.2, 0.25) is 0 Å². The first-order valence-corrected chi connectivity index (χ1v) is 26.1. The Balaban J connectivity index is 1.17. The molecule has 352 valence electrons. The van der Waals surface area contributed by atoms with Crippen LogP contribution in [-0.2, 0) is 0 Å². The van der Waals surface area contributed by atoms with Crippen molar-refractivity contribution in [1.29, 1.82) is 5.26 Å². The van der Waals surface area contributed by atoms with E-state index in [2.05, 4.69) is 208 Å². The molecule has 0 fully saturated rings. The van der Waals surface area contributed by atoms with Crippen LogP contribution in [0.3, 0.4) is 0 Å². The van der Waals surface area contributed by atoms with E-state index in [1.54, 1.807) is 0 Å². The quantitative estimate of drug-likeness (QED) is 0.161. The molecule has 6 aromatic heterocycles. The summed E-state index contributed by atoms with van der Waals surface area (Å²) in [5, 5.41) is 29.6. The van der Waals surface area contributed by atoms with Crippen molar-refractivity contribution < 1.29 is 0 Å². The Morgan fingerprint density at radius 3 is 0.883 bits per heavy atom. The fourth-order valence-corrected chi connectivity index (χ4v) is 14.1. The molecule has 0 aliphatic carbocycles. The molecule has 12 aromatic carbocycles. The average molecular weight is 976 g/mol. The Kier molecular flexibility index (Phi) is 7.81. The van der Waals surface area contributed by atoms with Crippen LogP contribution in [0.1, 0.15) is 5.56 Å². The molecule has 0 spiro atoms. The molecular formula is C70H37N7. The summed E-state index contributed by atoms with van der Waals surface area (Å²) < 4.78 is 7.35. The standard InChI is InChI=1S/C70H37N7/c71-38-50-68(75-51-29-7-20-41-44-26-13-35-72-65(44)47-23-10-32-54(75)62(47)59(41)51)57(39-16-3-1-4-17-39)70(77-53-31-9-22-43-46-28-15-37-74-67(46)49-25-12-34-56(77)64(49)61(43)53)58(40-18-5-2-6-19-40)69(50)76-52-30-8-21-42-45-27-14-36-73-66(45)48-24-11-33-55(76)63(48)60(42)52/h1-37H. The molecule has 0 saturated carbocycles. The highest BCUT2D eigenvalue weighted by atomic mass is 15.1. The molecule has 18 rings (SSSR count). The summed E-state index contributed by atoms with van der Waals surface area (Å²) in [7, 11) is 0. The van der Waals surface area contributed by atoms with Crippen molar-refractivity contribution in [2.45, 2.75) is 0 Å². The monoisotopic (exact) mass is 975 g/mol. The summed E-state index contributed by atoms with van der Waals surface area (Å²) in [6.45, 7) is 0. The highest BCUT2D eigenvalue weighted by molar-refractivity contribution is 6.37. The zero-order valence-corrected chi connectivity index (χ0v) is 41.0. The van der Waals surface area contributed by atoms with Crippen molar-refractivity contribution in [2.75, 3.05) is 0 Å². The number of nitriles is 1. The lowest BCUT2D eigenvalue weighted by Gasteiger charge is -2.28. The number of hydrogen-bond acceptors (Lipinski definition) is 4. The lowest BCUT2D eigenvalue weighted by atomic mass is 9.88. The molecule has 0 bridgehead atoms. The van der Waals surface area contributed by atoms with Gasteiger partial charge in [-0.15, -0.1) is 0 Å². The van der Waals surface area contributed by atoms with Gasteiger partial charge in [0.1, 0.15) is 11.6 Å². The maximum atomic E-state index is 12.8. The molecule has 7 heteroatoms. The second-order valence-electron chi connectivity index (χ2n) is 20.4. The van der Waals surface area contributed by atoms with Crippen LogP contribution in [0.4, 0.5) is 0 Å². The maximum Gasteiger partial charge on any atom is 0.104 e. The lowest BCUT2D eigenvalue weighted by Crippen LogP contribution is -2.13. The van der Waals surface area contributed by atoms with Crippen LogP contribution in [0.2, 0.25) is 0 Å². The highest BCUT2D eigenvalue weighted by Gasteiger charge is 2.35. The van der Waals surface area contributed by atoms with E-state index in [1.807, 2.05) is 36.8 Å².